The van der Waals surface area contributed by atoms with Gasteiger partial charge >= 0.3 is 0 Å². The highest BCUT2D eigenvalue weighted by Crippen LogP contribution is 2.42. The summed E-state index contributed by atoms with van der Waals surface area (Å²) in [5.74, 6) is -0.324. The number of ether oxygens (including phenoxy) is 1. The zero-order valence-electron chi connectivity index (χ0n) is 16.4. The van der Waals surface area contributed by atoms with E-state index in [2.05, 4.69) is 5.32 Å². The van der Waals surface area contributed by atoms with E-state index < -0.39 is 0 Å². The summed E-state index contributed by atoms with van der Waals surface area (Å²) >= 11 is 1.45. The summed E-state index contributed by atoms with van der Waals surface area (Å²) < 4.78 is 5.56. The molecule has 0 aromatic heterocycles. The number of nitrogens with zero attached hydrogens (tertiary/aromatic N) is 1. The standard InChI is InChI=1S/C23H24N2O3S/c1-16-7-2-3-8-17(16)13-21-23(27)25(19-10-4-5-11-20(19)29-21)15-22(26)24-14-18-9-6-12-28-18/h2-5,7-8,10-11,13,18H,6,9,12,14-15H2,1H3,(H,24,26)/b21-13-. The number of benzene rings is 2. The van der Waals surface area contributed by atoms with Crippen LogP contribution in [0.15, 0.2) is 58.3 Å². The van der Waals surface area contributed by atoms with Crippen LogP contribution in [-0.2, 0) is 14.3 Å². The molecule has 1 unspecified atom stereocenters. The third kappa shape index (κ3) is 4.54. The second kappa shape index (κ2) is 8.84. The molecule has 0 radical (unpaired) electrons. The summed E-state index contributed by atoms with van der Waals surface area (Å²) in [7, 11) is 0. The van der Waals surface area contributed by atoms with Crippen molar-refractivity contribution in [3.8, 4) is 0 Å². The van der Waals surface area contributed by atoms with Crippen LogP contribution in [0.5, 0.6) is 0 Å². The van der Waals surface area contributed by atoms with Crippen LogP contribution in [0.2, 0.25) is 0 Å². The van der Waals surface area contributed by atoms with E-state index in [4.69, 9.17) is 4.74 Å². The van der Waals surface area contributed by atoms with Crippen molar-refractivity contribution >= 4 is 35.3 Å². The van der Waals surface area contributed by atoms with Gasteiger partial charge in [0.2, 0.25) is 5.91 Å². The van der Waals surface area contributed by atoms with Gasteiger partial charge in [0.05, 0.1) is 16.7 Å². The van der Waals surface area contributed by atoms with Gasteiger partial charge in [0.15, 0.2) is 0 Å². The number of hydrogen-bond acceptors (Lipinski definition) is 4. The number of carbonyl (C=O) groups is 2. The lowest BCUT2D eigenvalue weighted by molar-refractivity contribution is -0.122. The Bertz CT molecular complexity index is 951. The van der Waals surface area contributed by atoms with E-state index in [-0.39, 0.29) is 24.5 Å². The molecule has 2 amide bonds. The Morgan fingerprint density at radius 3 is 2.83 bits per heavy atom. The quantitative estimate of drug-likeness (QED) is 0.765. The summed E-state index contributed by atoms with van der Waals surface area (Å²) in [4.78, 5) is 28.9. The first-order chi connectivity index (χ1) is 14.1. The van der Waals surface area contributed by atoms with Gasteiger partial charge in [-0.25, -0.2) is 0 Å². The lowest BCUT2D eigenvalue weighted by Gasteiger charge is -2.30. The molecule has 0 spiro atoms. The van der Waals surface area contributed by atoms with Gasteiger partial charge in [-0.15, -0.1) is 0 Å². The summed E-state index contributed by atoms with van der Waals surface area (Å²) in [5, 5.41) is 2.91. The number of amides is 2. The number of para-hydroxylation sites is 1. The molecular weight excluding hydrogens is 384 g/mol. The summed E-state index contributed by atoms with van der Waals surface area (Å²) in [6.07, 6.45) is 3.99. The maximum Gasteiger partial charge on any atom is 0.265 e. The third-order valence-electron chi connectivity index (χ3n) is 5.16. The van der Waals surface area contributed by atoms with Crippen LogP contribution in [0.4, 0.5) is 5.69 Å². The molecule has 2 aliphatic rings. The molecule has 4 rings (SSSR count). The molecule has 2 aromatic carbocycles. The van der Waals surface area contributed by atoms with E-state index in [1.807, 2.05) is 61.5 Å². The molecule has 1 N–H and O–H groups in total. The molecule has 6 heteroatoms. The topological polar surface area (TPSA) is 58.6 Å². The minimum atomic E-state index is -0.175. The summed E-state index contributed by atoms with van der Waals surface area (Å²) in [6.45, 7) is 3.26. The van der Waals surface area contributed by atoms with E-state index in [1.54, 1.807) is 4.90 Å². The monoisotopic (exact) mass is 408 g/mol. The van der Waals surface area contributed by atoms with E-state index in [1.165, 1.54) is 11.8 Å². The number of carbonyl (C=O) groups excluding carboxylic acids is 2. The van der Waals surface area contributed by atoms with Crippen molar-refractivity contribution in [2.75, 3.05) is 24.6 Å². The highest BCUT2D eigenvalue weighted by Gasteiger charge is 2.30. The van der Waals surface area contributed by atoms with Crippen LogP contribution in [-0.4, -0.2) is 37.6 Å². The predicted molar refractivity (Wildman–Crippen MR) is 116 cm³/mol. The molecule has 0 saturated carbocycles. The Kier molecular flexibility index (Phi) is 6.02. The Labute approximate surface area is 175 Å². The summed E-state index contributed by atoms with van der Waals surface area (Å²) in [5.41, 5.74) is 2.88. The lowest BCUT2D eigenvalue weighted by Crippen LogP contribution is -2.44. The SMILES string of the molecule is Cc1ccccc1/C=C1\Sc2ccccc2N(CC(=O)NCC2CCCO2)C1=O. The van der Waals surface area contributed by atoms with Gasteiger partial charge in [-0.2, -0.15) is 0 Å². The van der Waals surface area contributed by atoms with E-state index in [0.717, 1.165) is 41.2 Å². The van der Waals surface area contributed by atoms with E-state index >= 15 is 0 Å². The number of rotatable bonds is 5. The minimum Gasteiger partial charge on any atom is -0.376 e. The molecule has 5 nitrogen and oxygen atoms in total. The third-order valence-corrected chi connectivity index (χ3v) is 6.24. The zero-order valence-corrected chi connectivity index (χ0v) is 17.2. The number of anilines is 1. The Morgan fingerprint density at radius 2 is 2.03 bits per heavy atom. The highest BCUT2D eigenvalue weighted by molar-refractivity contribution is 8.04. The van der Waals surface area contributed by atoms with Gasteiger partial charge in [0, 0.05) is 18.0 Å². The second-order valence-corrected chi connectivity index (χ2v) is 8.35. The van der Waals surface area contributed by atoms with Gasteiger partial charge < -0.3 is 10.1 Å². The van der Waals surface area contributed by atoms with Gasteiger partial charge in [0.1, 0.15) is 6.54 Å². The van der Waals surface area contributed by atoms with E-state index in [0.29, 0.717) is 11.4 Å². The summed E-state index contributed by atoms with van der Waals surface area (Å²) in [6, 6.07) is 15.7. The Morgan fingerprint density at radius 1 is 1.24 bits per heavy atom. The van der Waals surface area contributed by atoms with Crippen molar-refractivity contribution in [2.24, 2.45) is 0 Å². The van der Waals surface area contributed by atoms with Gasteiger partial charge in [-0.05, 0) is 49.1 Å². The number of nitrogens with one attached hydrogen (secondary N) is 1. The van der Waals surface area contributed by atoms with Crippen LogP contribution in [0.3, 0.4) is 0 Å². The fourth-order valence-electron chi connectivity index (χ4n) is 3.54. The first-order valence-corrected chi connectivity index (χ1v) is 10.7. The number of fused-ring (bicyclic) bond motifs is 1. The predicted octanol–water partition coefficient (Wildman–Crippen LogP) is 3.77. The molecule has 1 atom stereocenters. The van der Waals surface area contributed by atoms with Crippen molar-refractivity contribution in [1.82, 2.24) is 5.32 Å². The molecule has 0 aliphatic carbocycles. The Hall–Kier alpha value is -2.57. The van der Waals surface area contributed by atoms with Crippen LogP contribution in [0.1, 0.15) is 24.0 Å². The largest absolute Gasteiger partial charge is 0.376 e. The fraction of sp³-hybridized carbons (Fsp3) is 0.304. The van der Waals surface area contributed by atoms with Gasteiger partial charge in [-0.1, -0.05) is 48.2 Å². The number of hydrogen-bond donors (Lipinski definition) is 1. The zero-order chi connectivity index (χ0) is 20.2. The van der Waals surface area contributed by atoms with Gasteiger partial charge in [0.25, 0.3) is 5.91 Å². The fourth-order valence-corrected chi connectivity index (χ4v) is 4.59. The van der Waals surface area contributed by atoms with Crippen molar-refractivity contribution in [3.63, 3.8) is 0 Å². The molecule has 0 bridgehead atoms. The van der Waals surface area contributed by atoms with Crippen molar-refractivity contribution in [1.29, 1.82) is 0 Å². The average Bonchev–Trinajstić information content (AvgIpc) is 3.25. The van der Waals surface area contributed by atoms with Crippen molar-refractivity contribution in [2.45, 2.75) is 30.8 Å². The average molecular weight is 409 g/mol. The van der Waals surface area contributed by atoms with Crippen LogP contribution in [0.25, 0.3) is 6.08 Å². The minimum absolute atomic E-state index is 0.00572. The normalized spacial score (nSPS) is 20.0. The molecule has 150 valence electrons. The molecular formula is C23H24N2O3S. The first-order valence-electron chi connectivity index (χ1n) is 9.86. The van der Waals surface area contributed by atoms with Gasteiger partial charge in [-0.3, -0.25) is 14.5 Å². The maximum absolute atomic E-state index is 13.2. The van der Waals surface area contributed by atoms with E-state index in [9.17, 15) is 9.59 Å². The molecule has 2 aliphatic heterocycles. The molecule has 29 heavy (non-hydrogen) atoms. The maximum atomic E-state index is 13.2. The van der Waals surface area contributed by atoms with Crippen molar-refractivity contribution in [3.05, 3.63) is 64.6 Å². The lowest BCUT2D eigenvalue weighted by atomic mass is 10.1. The molecule has 2 aromatic rings. The number of thioether (sulfide) groups is 1. The van der Waals surface area contributed by atoms with Crippen LogP contribution in [0, 0.1) is 6.92 Å². The highest BCUT2D eigenvalue weighted by atomic mass is 32.2. The van der Waals surface area contributed by atoms with Crippen molar-refractivity contribution < 1.29 is 14.3 Å². The smallest absolute Gasteiger partial charge is 0.265 e. The number of aryl methyl sites for hydroxylation is 1. The molecule has 1 fully saturated rings. The molecule has 1 saturated heterocycles. The Balaban J connectivity index is 1.55. The first kappa shape index (κ1) is 19.7. The second-order valence-electron chi connectivity index (χ2n) is 7.27. The van der Waals surface area contributed by atoms with Crippen LogP contribution < -0.4 is 10.2 Å². The van der Waals surface area contributed by atoms with Crippen LogP contribution >= 0.6 is 11.8 Å². The molecule has 2 heterocycles.